The molecule has 10 heteroatoms. The van der Waals surface area contributed by atoms with Crippen LogP contribution in [0.1, 0.15) is 50.9 Å². The van der Waals surface area contributed by atoms with Gasteiger partial charge in [-0.2, -0.15) is 0 Å². The van der Waals surface area contributed by atoms with Crippen molar-refractivity contribution in [2.24, 2.45) is 0 Å². The smallest absolute Gasteiger partial charge is 0.253 e. The molecule has 1 N–H and O–H groups in total. The highest BCUT2D eigenvalue weighted by atomic mass is 32.2. The number of hydrogen-bond donors (Lipinski definition) is 1. The molecular weight excluding hydrogens is 532 g/mol. The van der Waals surface area contributed by atoms with Crippen molar-refractivity contribution in [2.75, 3.05) is 12.8 Å². The molecule has 8 nitrogen and oxygen atoms in total. The Morgan fingerprint density at radius 2 is 1.72 bits per heavy atom. The molecular formula is C29H30N4O4S2. The lowest BCUT2D eigenvalue weighted by molar-refractivity contribution is -0.117. The van der Waals surface area contributed by atoms with E-state index >= 15 is 0 Å². The van der Waals surface area contributed by atoms with Crippen LogP contribution in [0.4, 0.5) is 0 Å². The Morgan fingerprint density at radius 3 is 2.46 bits per heavy atom. The fourth-order valence-corrected chi connectivity index (χ4v) is 6.81. The van der Waals surface area contributed by atoms with E-state index in [2.05, 4.69) is 39.6 Å². The maximum atomic E-state index is 12.9. The van der Waals surface area contributed by atoms with Gasteiger partial charge in [0.25, 0.3) is 5.91 Å². The molecule has 1 aliphatic rings. The standard InChI is InChI=1S/C29H30N4O4S2/c1-18-11-22(12-19(2)31-18)20-7-6-8-21(13-20)26-17-38-28(32-26)14-23(34)15-30-29(35)25-16-33(39(3,36)37)27-10-5-4-9-24(25)27/h6-8,11-13,16-17H,4-5,9-10,14-15H2,1-3H3,(H,30,35). The molecule has 3 heterocycles. The number of aryl methyl sites for hydroxylation is 2. The Kier molecular flexibility index (Phi) is 7.51. The molecule has 0 saturated heterocycles. The zero-order valence-electron chi connectivity index (χ0n) is 22.2. The second kappa shape index (κ2) is 10.9. The van der Waals surface area contributed by atoms with E-state index in [1.54, 1.807) is 0 Å². The fourth-order valence-electron chi connectivity index (χ4n) is 5.08. The van der Waals surface area contributed by atoms with Crippen LogP contribution >= 0.6 is 11.3 Å². The third-order valence-corrected chi connectivity index (χ3v) is 8.69. The normalized spacial score (nSPS) is 13.2. The molecule has 0 saturated carbocycles. The molecule has 0 spiro atoms. The Hall–Kier alpha value is -3.63. The SMILES string of the molecule is Cc1cc(-c2cccc(-c3csc(CC(=O)CNC(=O)c4cn(S(C)(=O)=O)c5c4CCCC5)n3)c2)cc(C)n1. The summed E-state index contributed by atoms with van der Waals surface area (Å²) in [6, 6.07) is 12.2. The Morgan fingerprint density at radius 1 is 1.00 bits per heavy atom. The van der Waals surface area contributed by atoms with Crippen molar-refractivity contribution in [1.82, 2.24) is 19.3 Å². The molecule has 1 aliphatic carbocycles. The molecule has 0 radical (unpaired) electrons. The number of benzene rings is 1. The topological polar surface area (TPSA) is 111 Å². The first kappa shape index (κ1) is 27.0. The van der Waals surface area contributed by atoms with Crippen LogP contribution in [0.2, 0.25) is 0 Å². The Balaban J connectivity index is 1.24. The molecule has 3 aromatic heterocycles. The van der Waals surface area contributed by atoms with Crippen LogP contribution in [0.3, 0.4) is 0 Å². The second-order valence-corrected chi connectivity index (χ2v) is 12.8. The van der Waals surface area contributed by atoms with Crippen LogP contribution in [-0.4, -0.2) is 46.8 Å². The number of hydrogen-bond acceptors (Lipinski definition) is 7. The zero-order valence-corrected chi connectivity index (χ0v) is 23.8. The van der Waals surface area contributed by atoms with E-state index < -0.39 is 15.9 Å². The lowest BCUT2D eigenvalue weighted by Crippen LogP contribution is -2.30. The largest absolute Gasteiger partial charge is 0.345 e. The maximum Gasteiger partial charge on any atom is 0.253 e. The number of rotatable bonds is 8. The Labute approximate surface area is 232 Å². The summed E-state index contributed by atoms with van der Waals surface area (Å²) in [5.74, 6) is -0.598. The van der Waals surface area contributed by atoms with Crippen molar-refractivity contribution in [3.63, 3.8) is 0 Å². The lowest BCUT2D eigenvalue weighted by Gasteiger charge is -2.15. The number of thiazole rings is 1. The van der Waals surface area contributed by atoms with E-state index in [0.717, 1.165) is 58.4 Å². The first-order valence-electron chi connectivity index (χ1n) is 12.8. The Bertz CT molecular complexity index is 1660. The van der Waals surface area contributed by atoms with Crippen LogP contribution in [-0.2, 0) is 34.1 Å². The molecule has 0 unspecified atom stereocenters. The summed E-state index contributed by atoms with van der Waals surface area (Å²) in [6.45, 7) is 3.81. The third kappa shape index (κ3) is 6.02. The molecule has 39 heavy (non-hydrogen) atoms. The molecule has 0 aliphatic heterocycles. The lowest BCUT2D eigenvalue weighted by atomic mass is 9.95. The van der Waals surface area contributed by atoms with Crippen molar-refractivity contribution >= 4 is 33.1 Å². The van der Waals surface area contributed by atoms with Crippen molar-refractivity contribution in [3.8, 4) is 22.4 Å². The van der Waals surface area contributed by atoms with Gasteiger partial charge < -0.3 is 5.32 Å². The summed E-state index contributed by atoms with van der Waals surface area (Å²) in [6.07, 6.45) is 5.68. The van der Waals surface area contributed by atoms with Gasteiger partial charge in [-0.15, -0.1) is 11.3 Å². The molecule has 4 aromatic rings. The number of fused-ring (bicyclic) bond motifs is 1. The number of Topliss-reactive ketones (excluding diaryl/α,β-unsaturated/α-hetero) is 1. The van der Waals surface area contributed by atoms with Gasteiger partial charge in [-0.3, -0.25) is 14.6 Å². The zero-order chi connectivity index (χ0) is 27.7. The number of nitrogens with zero attached hydrogens (tertiary/aromatic N) is 3. The highest BCUT2D eigenvalue weighted by Crippen LogP contribution is 2.29. The molecule has 202 valence electrons. The number of ketones is 1. The van der Waals surface area contributed by atoms with Gasteiger partial charge >= 0.3 is 0 Å². The van der Waals surface area contributed by atoms with Gasteiger partial charge in [0.2, 0.25) is 10.0 Å². The van der Waals surface area contributed by atoms with Gasteiger partial charge in [-0.05, 0) is 74.4 Å². The summed E-state index contributed by atoms with van der Waals surface area (Å²) in [4.78, 5) is 34.7. The fraction of sp³-hybridized carbons (Fsp3) is 0.310. The quantitative estimate of drug-likeness (QED) is 0.338. The van der Waals surface area contributed by atoms with E-state index in [9.17, 15) is 18.0 Å². The minimum Gasteiger partial charge on any atom is -0.345 e. The van der Waals surface area contributed by atoms with Crippen LogP contribution in [0, 0.1) is 13.8 Å². The van der Waals surface area contributed by atoms with Crippen molar-refractivity contribution in [2.45, 2.75) is 46.0 Å². The minimum absolute atomic E-state index is 0.107. The molecule has 0 fully saturated rings. The van der Waals surface area contributed by atoms with Gasteiger partial charge in [-0.1, -0.05) is 18.2 Å². The van der Waals surface area contributed by atoms with E-state index in [1.807, 2.05) is 31.4 Å². The van der Waals surface area contributed by atoms with Crippen LogP contribution in [0.25, 0.3) is 22.4 Å². The first-order chi connectivity index (χ1) is 18.6. The number of carbonyl (C=O) groups is 2. The molecule has 0 atom stereocenters. The van der Waals surface area contributed by atoms with Gasteiger partial charge in [0, 0.05) is 34.2 Å². The predicted molar refractivity (Wildman–Crippen MR) is 153 cm³/mol. The summed E-state index contributed by atoms with van der Waals surface area (Å²) >= 11 is 1.41. The highest BCUT2D eigenvalue weighted by molar-refractivity contribution is 7.89. The van der Waals surface area contributed by atoms with E-state index in [-0.39, 0.29) is 18.7 Å². The van der Waals surface area contributed by atoms with Gasteiger partial charge in [0.05, 0.1) is 30.5 Å². The monoisotopic (exact) mass is 562 g/mol. The molecule has 0 bridgehead atoms. The third-order valence-electron chi connectivity index (χ3n) is 6.80. The molecule has 5 rings (SSSR count). The summed E-state index contributed by atoms with van der Waals surface area (Å²) < 4.78 is 25.6. The molecule has 1 amide bonds. The van der Waals surface area contributed by atoms with E-state index in [1.165, 1.54) is 21.5 Å². The van der Waals surface area contributed by atoms with Crippen molar-refractivity contribution < 1.29 is 18.0 Å². The number of aromatic nitrogens is 3. The second-order valence-electron chi connectivity index (χ2n) is 9.98. The highest BCUT2D eigenvalue weighted by Gasteiger charge is 2.26. The summed E-state index contributed by atoms with van der Waals surface area (Å²) in [7, 11) is -3.51. The van der Waals surface area contributed by atoms with Gasteiger partial charge in [0.1, 0.15) is 5.01 Å². The van der Waals surface area contributed by atoms with Crippen molar-refractivity contribution in [3.05, 3.63) is 81.2 Å². The maximum absolute atomic E-state index is 12.9. The first-order valence-corrected chi connectivity index (χ1v) is 15.6. The number of nitrogens with one attached hydrogen (secondary N) is 1. The van der Waals surface area contributed by atoms with Crippen LogP contribution in [0.15, 0.2) is 48.0 Å². The predicted octanol–water partition coefficient (Wildman–Crippen LogP) is 4.52. The summed E-state index contributed by atoms with van der Waals surface area (Å²) in [5, 5.41) is 5.29. The van der Waals surface area contributed by atoms with Gasteiger partial charge in [0.15, 0.2) is 5.78 Å². The average Bonchev–Trinajstić information content (AvgIpc) is 3.52. The number of pyridine rings is 1. The van der Waals surface area contributed by atoms with E-state index in [0.29, 0.717) is 29.1 Å². The van der Waals surface area contributed by atoms with Crippen LogP contribution in [0.5, 0.6) is 0 Å². The van der Waals surface area contributed by atoms with Crippen LogP contribution < -0.4 is 5.32 Å². The average molecular weight is 563 g/mol. The van der Waals surface area contributed by atoms with Crippen molar-refractivity contribution in [1.29, 1.82) is 0 Å². The van der Waals surface area contributed by atoms with E-state index in [4.69, 9.17) is 0 Å². The van der Waals surface area contributed by atoms with Gasteiger partial charge in [-0.25, -0.2) is 17.4 Å². The molecule has 1 aromatic carbocycles. The minimum atomic E-state index is -3.51. The summed E-state index contributed by atoms with van der Waals surface area (Å²) in [5.41, 5.74) is 7.62. The number of amides is 1. The number of carbonyl (C=O) groups excluding carboxylic acids is 2.